The fourth-order valence-electron chi connectivity index (χ4n) is 1.47. The van der Waals surface area contributed by atoms with Crippen molar-refractivity contribution in [3.63, 3.8) is 0 Å². The topological polar surface area (TPSA) is 0 Å². The van der Waals surface area contributed by atoms with Crippen LogP contribution in [0.15, 0.2) is 30.8 Å². The Morgan fingerprint density at radius 3 is 2.38 bits per heavy atom. The van der Waals surface area contributed by atoms with Crippen LogP contribution >= 0.6 is 0 Å². The summed E-state index contributed by atoms with van der Waals surface area (Å²) in [7, 11) is 0. The highest BCUT2D eigenvalue weighted by atomic mass is 14.2. The minimum Gasteiger partial charge on any atom is -0.0985 e. The lowest BCUT2D eigenvalue weighted by Gasteiger charge is -2.19. The van der Waals surface area contributed by atoms with Crippen molar-refractivity contribution < 1.29 is 0 Å². The van der Waals surface area contributed by atoms with Crippen LogP contribution in [0.3, 0.4) is 0 Å². The van der Waals surface area contributed by atoms with Gasteiger partial charge in [0.1, 0.15) is 0 Å². The molecule has 1 rings (SSSR count). The first kappa shape index (κ1) is 10.0. The molecule has 0 atom stereocenters. The molecule has 0 radical (unpaired) electrons. The van der Waals surface area contributed by atoms with Gasteiger partial charge in [-0.25, -0.2) is 0 Å². The van der Waals surface area contributed by atoms with Crippen molar-refractivity contribution in [1.29, 1.82) is 0 Å². The fourth-order valence-corrected chi connectivity index (χ4v) is 1.47. The first-order valence-electron chi connectivity index (χ1n) is 4.73. The number of rotatable bonds is 2. The zero-order valence-electron chi connectivity index (χ0n) is 8.80. The third-order valence-electron chi connectivity index (χ3n) is 2.00. The molecule has 0 aromatic heterocycles. The lowest BCUT2D eigenvalue weighted by atomic mass is 9.86. The van der Waals surface area contributed by atoms with E-state index in [1.165, 1.54) is 11.1 Å². The molecule has 0 spiro atoms. The summed E-state index contributed by atoms with van der Waals surface area (Å²) in [5, 5.41) is 0. The van der Waals surface area contributed by atoms with Crippen LogP contribution in [0.25, 0.3) is 6.08 Å². The van der Waals surface area contributed by atoms with Crippen LogP contribution in [0.4, 0.5) is 0 Å². The predicted octanol–water partition coefficient (Wildman–Crippen LogP) is 3.92. The predicted molar refractivity (Wildman–Crippen MR) is 59.7 cm³/mol. The van der Waals surface area contributed by atoms with E-state index in [1.807, 2.05) is 6.08 Å². The Bertz CT molecular complexity index is 289. The Morgan fingerprint density at radius 2 is 1.85 bits per heavy atom. The van der Waals surface area contributed by atoms with Crippen LogP contribution in [0.1, 0.15) is 31.9 Å². The Balaban J connectivity index is 2.94. The summed E-state index contributed by atoms with van der Waals surface area (Å²) < 4.78 is 0. The minimum atomic E-state index is 0.346. The van der Waals surface area contributed by atoms with Gasteiger partial charge in [-0.2, -0.15) is 0 Å². The normalized spacial score (nSPS) is 11.3. The Labute approximate surface area is 81.3 Å². The standard InChI is InChI=1S/C13H18/c1-5-11-8-6-7-9-12(11)10-13(2,3)4/h5-9H,1,10H2,2-4H3. The van der Waals surface area contributed by atoms with Crippen molar-refractivity contribution in [2.45, 2.75) is 27.2 Å². The average molecular weight is 174 g/mol. The second kappa shape index (κ2) is 3.78. The maximum absolute atomic E-state index is 3.82. The van der Waals surface area contributed by atoms with Crippen LogP contribution < -0.4 is 0 Å². The summed E-state index contributed by atoms with van der Waals surface area (Å²) in [6, 6.07) is 8.45. The largest absolute Gasteiger partial charge is 0.0985 e. The summed E-state index contributed by atoms with van der Waals surface area (Å²) in [6.07, 6.45) is 3.04. The molecule has 0 aliphatic heterocycles. The van der Waals surface area contributed by atoms with E-state index in [0.29, 0.717) is 5.41 Å². The number of hydrogen-bond acceptors (Lipinski definition) is 0. The molecular weight excluding hydrogens is 156 g/mol. The molecule has 0 fully saturated rings. The van der Waals surface area contributed by atoms with E-state index in [-0.39, 0.29) is 0 Å². The highest BCUT2D eigenvalue weighted by molar-refractivity contribution is 5.51. The van der Waals surface area contributed by atoms with Gasteiger partial charge in [0.25, 0.3) is 0 Å². The van der Waals surface area contributed by atoms with E-state index < -0.39 is 0 Å². The SMILES string of the molecule is C=Cc1ccccc1CC(C)(C)C. The van der Waals surface area contributed by atoms with Gasteiger partial charge in [-0.3, -0.25) is 0 Å². The molecule has 0 bridgehead atoms. The van der Waals surface area contributed by atoms with Crippen molar-refractivity contribution >= 4 is 6.08 Å². The third-order valence-corrected chi connectivity index (χ3v) is 2.00. The van der Waals surface area contributed by atoms with Crippen LogP contribution in [0.5, 0.6) is 0 Å². The lowest BCUT2D eigenvalue weighted by Crippen LogP contribution is -2.09. The quantitative estimate of drug-likeness (QED) is 0.637. The molecule has 0 aliphatic carbocycles. The molecule has 1 aromatic rings. The van der Waals surface area contributed by atoms with Crippen molar-refractivity contribution in [3.05, 3.63) is 42.0 Å². The molecule has 0 saturated carbocycles. The maximum Gasteiger partial charge on any atom is -0.0224 e. The zero-order valence-corrected chi connectivity index (χ0v) is 8.80. The van der Waals surface area contributed by atoms with Crippen molar-refractivity contribution in [1.82, 2.24) is 0 Å². The molecule has 0 heterocycles. The lowest BCUT2D eigenvalue weighted by molar-refractivity contribution is 0.411. The summed E-state index contributed by atoms with van der Waals surface area (Å²) in [5.74, 6) is 0. The van der Waals surface area contributed by atoms with Gasteiger partial charge in [0, 0.05) is 0 Å². The molecule has 0 nitrogen and oxygen atoms in total. The summed E-state index contributed by atoms with van der Waals surface area (Å²) in [6.45, 7) is 10.6. The second-order valence-corrected chi connectivity index (χ2v) is 4.64. The van der Waals surface area contributed by atoms with Gasteiger partial charge in [0.15, 0.2) is 0 Å². The van der Waals surface area contributed by atoms with Gasteiger partial charge >= 0.3 is 0 Å². The molecule has 0 saturated heterocycles. The van der Waals surface area contributed by atoms with Crippen LogP contribution in [0, 0.1) is 5.41 Å². The van der Waals surface area contributed by atoms with Gasteiger partial charge in [0.05, 0.1) is 0 Å². The highest BCUT2D eigenvalue weighted by Gasteiger charge is 2.12. The van der Waals surface area contributed by atoms with Crippen LogP contribution in [-0.2, 0) is 6.42 Å². The first-order valence-corrected chi connectivity index (χ1v) is 4.73. The van der Waals surface area contributed by atoms with Gasteiger partial charge in [-0.05, 0) is 23.0 Å². The van der Waals surface area contributed by atoms with Gasteiger partial charge in [-0.1, -0.05) is 57.7 Å². The summed E-state index contributed by atoms with van der Waals surface area (Å²) >= 11 is 0. The van der Waals surface area contributed by atoms with Gasteiger partial charge in [0.2, 0.25) is 0 Å². The number of benzene rings is 1. The summed E-state index contributed by atoms with van der Waals surface area (Å²) in [4.78, 5) is 0. The highest BCUT2D eigenvalue weighted by Crippen LogP contribution is 2.23. The molecule has 13 heavy (non-hydrogen) atoms. The Hall–Kier alpha value is -1.04. The second-order valence-electron chi connectivity index (χ2n) is 4.64. The smallest absolute Gasteiger partial charge is 0.0224 e. The van der Waals surface area contributed by atoms with E-state index in [4.69, 9.17) is 0 Å². The van der Waals surface area contributed by atoms with Crippen molar-refractivity contribution in [2.75, 3.05) is 0 Å². The first-order chi connectivity index (χ1) is 6.03. The Kier molecular flexibility index (Phi) is 2.92. The van der Waals surface area contributed by atoms with E-state index in [2.05, 4.69) is 51.6 Å². The zero-order chi connectivity index (χ0) is 9.90. The fraction of sp³-hybridized carbons (Fsp3) is 0.385. The minimum absolute atomic E-state index is 0.346. The van der Waals surface area contributed by atoms with Crippen molar-refractivity contribution in [3.8, 4) is 0 Å². The Morgan fingerprint density at radius 1 is 1.23 bits per heavy atom. The molecular formula is C13H18. The van der Waals surface area contributed by atoms with Gasteiger partial charge in [-0.15, -0.1) is 0 Å². The van der Waals surface area contributed by atoms with E-state index in [1.54, 1.807) is 0 Å². The van der Waals surface area contributed by atoms with Crippen LogP contribution in [0.2, 0.25) is 0 Å². The summed E-state index contributed by atoms with van der Waals surface area (Å²) in [5.41, 5.74) is 3.00. The molecule has 0 N–H and O–H groups in total. The van der Waals surface area contributed by atoms with Crippen molar-refractivity contribution in [2.24, 2.45) is 5.41 Å². The van der Waals surface area contributed by atoms with Gasteiger partial charge < -0.3 is 0 Å². The average Bonchev–Trinajstić information content (AvgIpc) is 2.02. The monoisotopic (exact) mass is 174 g/mol. The van der Waals surface area contributed by atoms with E-state index >= 15 is 0 Å². The van der Waals surface area contributed by atoms with E-state index in [0.717, 1.165) is 6.42 Å². The molecule has 70 valence electrons. The maximum atomic E-state index is 3.82. The molecule has 0 amide bonds. The molecule has 1 aromatic carbocycles. The molecule has 0 heteroatoms. The van der Waals surface area contributed by atoms with Crippen LogP contribution in [-0.4, -0.2) is 0 Å². The van der Waals surface area contributed by atoms with E-state index in [9.17, 15) is 0 Å². The molecule has 0 unspecified atom stereocenters. The number of hydrogen-bond donors (Lipinski definition) is 0. The molecule has 0 aliphatic rings. The third kappa shape index (κ3) is 3.06.